The number of carbonyl (C=O) groups excluding carboxylic acids is 2. The molecule has 0 spiro atoms. The number of hydrogen-bond donors (Lipinski definition) is 1. The van der Waals surface area contributed by atoms with Gasteiger partial charge in [-0.3, -0.25) is 14.9 Å². The summed E-state index contributed by atoms with van der Waals surface area (Å²) >= 11 is 0. The Morgan fingerprint density at radius 2 is 1.85 bits per heavy atom. The van der Waals surface area contributed by atoms with Gasteiger partial charge in [0.15, 0.2) is 0 Å². The van der Waals surface area contributed by atoms with Gasteiger partial charge in [-0.05, 0) is 36.2 Å². The zero-order valence-corrected chi connectivity index (χ0v) is 11.0. The second-order valence-corrected chi connectivity index (χ2v) is 4.77. The van der Waals surface area contributed by atoms with Crippen LogP contribution in [0, 0.1) is 6.92 Å². The molecule has 0 fully saturated rings. The maximum atomic E-state index is 12.0. The number of para-hydroxylation sites is 1. The quantitative estimate of drug-likeness (QED) is 0.851. The largest absolute Gasteiger partial charge is 0.457 e. The Kier molecular flexibility index (Phi) is 2.99. The van der Waals surface area contributed by atoms with Crippen LogP contribution in [-0.4, -0.2) is 11.8 Å². The number of imide groups is 1. The SMILES string of the molecule is Cc1cc2c(c(Oc3ccccc3)c1)C(=O)NC(=O)C2. The summed E-state index contributed by atoms with van der Waals surface area (Å²) in [7, 11) is 0. The van der Waals surface area contributed by atoms with Gasteiger partial charge in [-0.15, -0.1) is 0 Å². The summed E-state index contributed by atoms with van der Waals surface area (Å²) in [5, 5.41) is 2.32. The zero-order chi connectivity index (χ0) is 14.1. The lowest BCUT2D eigenvalue weighted by Crippen LogP contribution is -2.37. The van der Waals surface area contributed by atoms with Gasteiger partial charge in [0, 0.05) is 0 Å². The first-order chi connectivity index (χ1) is 9.63. The highest BCUT2D eigenvalue weighted by Crippen LogP contribution is 2.31. The molecule has 1 N–H and O–H groups in total. The molecule has 4 heteroatoms. The van der Waals surface area contributed by atoms with Crippen LogP contribution in [-0.2, 0) is 11.2 Å². The molecule has 2 amide bonds. The number of hydrogen-bond acceptors (Lipinski definition) is 3. The molecule has 0 aliphatic carbocycles. The molecule has 0 atom stereocenters. The lowest BCUT2D eigenvalue weighted by atomic mass is 9.96. The average molecular weight is 267 g/mol. The van der Waals surface area contributed by atoms with Crippen LogP contribution >= 0.6 is 0 Å². The lowest BCUT2D eigenvalue weighted by Gasteiger charge is -2.19. The van der Waals surface area contributed by atoms with Gasteiger partial charge in [0.1, 0.15) is 11.5 Å². The van der Waals surface area contributed by atoms with Crippen molar-refractivity contribution in [1.29, 1.82) is 0 Å². The van der Waals surface area contributed by atoms with E-state index in [9.17, 15) is 9.59 Å². The van der Waals surface area contributed by atoms with Gasteiger partial charge in [-0.25, -0.2) is 0 Å². The van der Waals surface area contributed by atoms with Crippen molar-refractivity contribution in [3.63, 3.8) is 0 Å². The predicted octanol–water partition coefficient (Wildman–Crippen LogP) is 2.60. The summed E-state index contributed by atoms with van der Waals surface area (Å²) in [5.41, 5.74) is 2.11. The first-order valence-electron chi connectivity index (χ1n) is 6.34. The van der Waals surface area contributed by atoms with E-state index in [4.69, 9.17) is 4.74 Å². The molecule has 0 aromatic heterocycles. The Morgan fingerprint density at radius 3 is 2.60 bits per heavy atom. The van der Waals surface area contributed by atoms with Crippen LogP contribution in [0.15, 0.2) is 42.5 Å². The van der Waals surface area contributed by atoms with Gasteiger partial charge in [0.25, 0.3) is 5.91 Å². The molecule has 4 nitrogen and oxygen atoms in total. The van der Waals surface area contributed by atoms with Crippen molar-refractivity contribution >= 4 is 11.8 Å². The van der Waals surface area contributed by atoms with Gasteiger partial charge in [0.2, 0.25) is 5.91 Å². The average Bonchev–Trinajstić information content (AvgIpc) is 2.38. The summed E-state index contributed by atoms with van der Waals surface area (Å²) < 4.78 is 5.79. The summed E-state index contributed by atoms with van der Waals surface area (Å²) in [6.07, 6.45) is 0.202. The van der Waals surface area contributed by atoms with E-state index in [0.717, 1.165) is 5.56 Å². The Labute approximate surface area is 116 Å². The maximum absolute atomic E-state index is 12.0. The number of benzene rings is 2. The Hall–Kier alpha value is -2.62. The zero-order valence-electron chi connectivity index (χ0n) is 11.0. The van der Waals surface area contributed by atoms with E-state index in [2.05, 4.69) is 5.32 Å². The van der Waals surface area contributed by atoms with Crippen molar-refractivity contribution in [1.82, 2.24) is 5.32 Å². The highest BCUT2D eigenvalue weighted by molar-refractivity contribution is 6.11. The second kappa shape index (κ2) is 4.81. The number of carbonyl (C=O) groups is 2. The number of amides is 2. The fourth-order valence-corrected chi connectivity index (χ4v) is 2.33. The minimum Gasteiger partial charge on any atom is -0.457 e. The number of nitrogens with one attached hydrogen (secondary N) is 1. The highest BCUT2D eigenvalue weighted by atomic mass is 16.5. The van der Waals surface area contributed by atoms with E-state index in [0.29, 0.717) is 22.6 Å². The van der Waals surface area contributed by atoms with Crippen LogP contribution in [0.2, 0.25) is 0 Å². The van der Waals surface area contributed by atoms with E-state index < -0.39 is 5.91 Å². The highest BCUT2D eigenvalue weighted by Gasteiger charge is 2.26. The number of aryl methyl sites for hydroxylation is 1. The monoisotopic (exact) mass is 267 g/mol. The third-order valence-electron chi connectivity index (χ3n) is 3.13. The molecule has 0 bridgehead atoms. The number of fused-ring (bicyclic) bond motifs is 1. The lowest BCUT2D eigenvalue weighted by molar-refractivity contribution is -0.119. The number of rotatable bonds is 2. The predicted molar refractivity (Wildman–Crippen MR) is 73.9 cm³/mol. The molecular formula is C16H13NO3. The van der Waals surface area contributed by atoms with Gasteiger partial charge in [-0.2, -0.15) is 0 Å². The van der Waals surface area contributed by atoms with Crippen LogP contribution in [0.3, 0.4) is 0 Å². The van der Waals surface area contributed by atoms with Gasteiger partial charge in [-0.1, -0.05) is 24.3 Å². The van der Waals surface area contributed by atoms with Crippen molar-refractivity contribution in [2.45, 2.75) is 13.3 Å². The minimum absolute atomic E-state index is 0.202. The molecule has 1 aliphatic heterocycles. The molecule has 100 valence electrons. The smallest absolute Gasteiger partial charge is 0.261 e. The fourth-order valence-electron chi connectivity index (χ4n) is 2.33. The van der Waals surface area contributed by atoms with Crippen molar-refractivity contribution in [3.05, 3.63) is 59.2 Å². The fraction of sp³-hybridized carbons (Fsp3) is 0.125. The van der Waals surface area contributed by atoms with Gasteiger partial charge in [0.05, 0.1) is 12.0 Å². The topological polar surface area (TPSA) is 55.4 Å². The molecule has 0 radical (unpaired) electrons. The van der Waals surface area contributed by atoms with Crippen LogP contribution in [0.1, 0.15) is 21.5 Å². The summed E-state index contributed by atoms with van der Waals surface area (Å²) in [4.78, 5) is 23.5. The van der Waals surface area contributed by atoms with Crippen LogP contribution in [0.4, 0.5) is 0 Å². The van der Waals surface area contributed by atoms with E-state index >= 15 is 0 Å². The van der Waals surface area contributed by atoms with Gasteiger partial charge < -0.3 is 4.74 Å². The maximum Gasteiger partial charge on any atom is 0.261 e. The van der Waals surface area contributed by atoms with Crippen LogP contribution in [0.5, 0.6) is 11.5 Å². The van der Waals surface area contributed by atoms with Crippen LogP contribution in [0.25, 0.3) is 0 Å². The summed E-state index contributed by atoms with van der Waals surface area (Å²) in [6, 6.07) is 12.9. The molecule has 2 aromatic rings. The molecule has 3 rings (SSSR count). The van der Waals surface area contributed by atoms with Crippen molar-refractivity contribution in [2.24, 2.45) is 0 Å². The van der Waals surface area contributed by atoms with Crippen molar-refractivity contribution < 1.29 is 14.3 Å². The van der Waals surface area contributed by atoms with E-state index in [1.807, 2.05) is 43.3 Å². The molecule has 1 aliphatic rings. The molecule has 0 saturated heterocycles. The third-order valence-corrected chi connectivity index (χ3v) is 3.13. The van der Waals surface area contributed by atoms with E-state index in [-0.39, 0.29) is 12.3 Å². The van der Waals surface area contributed by atoms with E-state index in [1.54, 1.807) is 6.07 Å². The van der Waals surface area contributed by atoms with Crippen molar-refractivity contribution in [2.75, 3.05) is 0 Å². The Morgan fingerprint density at radius 1 is 1.10 bits per heavy atom. The standard InChI is InChI=1S/C16H13NO3/c1-10-7-11-9-14(18)17-16(19)15(11)13(8-10)20-12-5-3-2-4-6-12/h2-8H,9H2,1H3,(H,17,18,19). The summed E-state index contributed by atoms with van der Waals surface area (Å²) in [6.45, 7) is 1.91. The van der Waals surface area contributed by atoms with Gasteiger partial charge >= 0.3 is 0 Å². The molecule has 0 unspecified atom stereocenters. The Balaban J connectivity index is 2.07. The molecule has 0 saturated carbocycles. The first-order valence-corrected chi connectivity index (χ1v) is 6.34. The third kappa shape index (κ3) is 2.28. The van der Waals surface area contributed by atoms with Crippen molar-refractivity contribution in [3.8, 4) is 11.5 Å². The number of ether oxygens (including phenoxy) is 1. The first kappa shape index (κ1) is 12.4. The van der Waals surface area contributed by atoms with E-state index in [1.165, 1.54) is 0 Å². The molecule has 2 aromatic carbocycles. The minimum atomic E-state index is -0.401. The Bertz CT molecular complexity index is 692. The summed E-state index contributed by atoms with van der Waals surface area (Å²) in [5.74, 6) is 0.460. The van der Waals surface area contributed by atoms with Crippen LogP contribution < -0.4 is 10.1 Å². The second-order valence-electron chi connectivity index (χ2n) is 4.77. The molecule has 20 heavy (non-hydrogen) atoms. The molecular weight excluding hydrogens is 254 g/mol. The molecule has 1 heterocycles. The normalized spacial score (nSPS) is 13.7.